The molecular formula is C19H25N3O4. The summed E-state index contributed by atoms with van der Waals surface area (Å²) in [5.41, 5.74) is 7.82. The van der Waals surface area contributed by atoms with Crippen LogP contribution in [-0.4, -0.2) is 60.4 Å². The number of hydrogen-bond acceptors (Lipinski definition) is 5. The third kappa shape index (κ3) is 3.88. The normalized spacial score (nSPS) is 21.1. The molecule has 2 N–H and O–H groups in total. The molecule has 2 aliphatic rings. The lowest BCUT2D eigenvalue weighted by molar-refractivity contribution is -0.149. The largest absolute Gasteiger partial charge is 0.469 e. The Morgan fingerprint density at radius 1 is 1.15 bits per heavy atom. The van der Waals surface area contributed by atoms with Crippen LogP contribution < -0.4 is 5.73 Å². The number of carbonyl (C=O) groups is 3. The van der Waals surface area contributed by atoms with E-state index in [0.717, 1.165) is 11.1 Å². The molecule has 3 rings (SSSR count). The molecule has 0 bridgehead atoms. The number of nitrogens with zero attached hydrogens (tertiary/aromatic N) is 2. The molecule has 2 aliphatic heterocycles. The molecular weight excluding hydrogens is 334 g/mol. The van der Waals surface area contributed by atoms with E-state index < -0.39 is 11.9 Å². The number of nitrogens with two attached hydrogens (primary N) is 1. The van der Waals surface area contributed by atoms with Gasteiger partial charge in [0.2, 0.25) is 11.8 Å². The van der Waals surface area contributed by atoms with Gasteiger partial charge in [-0.1, -0.05) is 24.3 Å². The maximum atomic E-state index is 12.7. The molecule has 7 nitrogen and oxygen atoms in total. The predicted octanol–water partition coefficient (Wildman–Crippen LogP) is 0.310. The van der Waals surface area contributed by atoms with Crippen molar-refractivity contribution in [1.82, 2.24) is 9.80 Å². The van der Waals surface area contributed by atoms with Gasteiger partial charge >= 0.3 is 5.97 Å². The van der Waals surface area contributed by atoms with Crippen molar-refractivity contribution in [3.8, 4) is 0 Å². The highest BCUT2D eigenvalue weighted by Crippen LogP contribution is 2.24. The molecule has 0 saturated carbocycles. The lowest BCUT2D eigenvalue weighted by Gasteiger charge is -2.37. The molecule has 7 heteroatoms. The van der Waals surface area contributed by atoms with Gasteiger partial charge in [-0.2, -0.15) is 0 Å². The Morgan fingerprint density at radius 3 is 2.42 bits per heavy atom. The van der Waals surface area contributed by atoms with Gasteiger partial charge in [0.05, 0.1) is 25.6 Å². The molecule has 1 atom stereocenters. The van der Waals surface area contributed by atoms with Crippen molar-refractivity contribution in [3.05, 3.63) is 35.4 Å². The topological polar surface area (TPSA) is 92.9 Å². The van der Waals surface area contributed by atoms with Gasteiger partial charge in [0.25, 0.3) is 0 Å². The Hall–Kier alpha value is -2.41. The van der Waals surface area contributed by atoms with Crippen molar-refractivity contribution in [2.45, 2.75) is 31.8 Å². The number of hydrogen-bond donors (Lipinski definition) is 1. The van der Waals surface area contributed by atoms with Crippen molar-refractivity contribution < 1.29 is 19.1 Å². The number of carbonyl (C=O) groups excluding carboxylic acids is 3. The van der Waals surface area contributed by atoms with Crippen molar-refractivity contribution in [1.29, 1.82) is 0 Å². The Bertz CT molecular complexity index is 698. The average molecular weight is 359 g/mol. The molecule has 140 valence electrons. The molecule has 2 amide bonds. The van der Waals surface area contributed by atoms with Crippen LogP contribution in [0.25, 0.3) is 0 Å². The van der Waals surface area contributed by atoms with Crippen LogP contribution in [-0.2, 0) is 32.1 Å². The van der Waals surface area contributed by atoms with E-state index in [0.29, 0.717) is 38.9 Å². The Morgan fingerprint density at radius 2 is 1.81 bits per heavy atom. The molecule has 0 unspecified atom stereocenters. The SMILES string of the molecule is COC(=O)C1CCN(C(=O)CN2Cc3ccccc3C[C@H]2C(N)=O)CC1. The lowest BCUT2D eigenvalue weighted by atomic mass is 9.93. The smallest absolute Gasteiger partial charge is 0.308 e. The number of piperidine rings is 1. The van der Waals surface area contributed by atoms with Crippen LogP contribution >= 0.6 is 0 Å². The Kier molecular flexibility index (Phi) is 5.56. The van der Waals surface area contributed by atoms with Crippen molar-refractivity contribution in [3.63, 3.8) is 0 Å². The summed E-state index contributed by atoms with van der Waals surface area (Å²) in [4.78, 5) is 39.8. The van der Waals surface area contributed by atoms with Gasteiger partial charge in [0.15, 0.2) is 0 Å². The summed E-state index contributed by atoms with van der Waals surface area (Å²) in [6.45, 7) is 1.76. The van der Waals surface area contributed by atoms with Gasteiger partial charge in [-0.3, -0.25) is 19.3 Å². The fraction of sp³-hybridized carbons (Fsp3) is 0.526. The maximum absolute atomic E-state index is 12.7. The molecule has 1 fully saturated rings. The highest BCUT2D eigenvalue weighted by atomic mass is 16.5. The fourth-order valence-corrected chi connectivity index (χ4v) is 3.83. The maximum Gasteiger partial charge on any atom is 0.308 e. The van der Waals surface area contributed by atoms with E-state index in [1.807, 2.05) is 29.2 Å². The molecule has 1 aromatic rings. The standard InChI is InChI=1S/C19H25N3O4/c1-26-19(25)13-6-8-21(9-7-13)17(23)12-22-11-15-5-3-2-4-14(15)10-16(22)18(20)24/h2-5,13,16H,6-12H2,1H3,(H2,20,24)/t16-/m0/s1. The summed E-state index contributed by atoms with van der Waals surface area (Å²) in [5, 5.41) is 0. The lowest BCUT2D eigenvalue weighted by Crippen LogP contribution is -2.53. The molecule has 2 heterocycles. The van der Waals surface area contributed by atoms with Gasteiger partial charge in [0.1, 0.15) is 0 Å². The molecule has 26 heavy (non-hydrogen) atoms. The van der Waals surface area contributed by atoms with Gasteiger partial charge in [-0.15, -0.1) is 0 Å². The highest BCUT2D eigenvalue weighted by Gasteiger charge is 2.33. The van der Waals surface area contributed by atoms with E-state index in [2.05, 4.69) is 0 Å². The van der Waals surface area contributed by atoms with E-state index in [1.54, 1.807) is 4.90 Å². The second-order valence-electron chi connectivity index (χ2n) is 6.97. The highest BCUT2D eigenvalue weighted by molar-refractivity contribution is 5.83. The quantitative estimate of drug-likeness (QED) is 0.781. The molecule has 1 saturated heterocycles. The summed E-state index contributed by atoms with van der Waals surface area (Å²) in [5.74, 6) is -0.779. The minimum Gasteiger partial charge on any atom is -0.469 e. The summed E-state index contributed by atoms with van der Waals surface area (Å²) in [7, 11) is 1.39. The number of ether oxygens (including phenoxy) is 1. The zero-order valence-corrected chi connectivity index (χ0v) is 15.0. The van der Waals surface area contributed by atoms with Crippen molar-refractivity contribution >= 4 is 17.8 Å². The number of rotatable bonds is 4. The molecule has 0 aromatic heterocycles. The van der Waals surface area contributed by atoms with Gasteiger partial charge in [-0.05, 0) is 30.4 Å². The predicted molar refractivity (Wildman–Crippen MR) is 94.9 cm³/mol. The van der Waals surface area contributed by atoms with Crippen LogP contribution in [0.4, 0.5) is 0 Å². The van der Waals surface area contributed by atoms with Gasteiger partial charge in [-0.25, -0.2) is 0 Å². The average Bonchev–Trinajstić information content (AvgIpc) is 2.66. The molecule has 1 aromatic carbocycles. The number of esters is 1. The second kappa shape index (κ2) is 7.86. The monoisotopic (exact) mass is 359 g/mol. The Balaban J connectivity index is 1.63. The minimum absolute atomic E-state index is 0.0288. The molecule has 0 radical (unpaired) electrons. The van der Waals surface area contributed by atoms with Crippen LogP contribution in [0.2, 0.25) is 0 Å². The first kappa shape index (κ1) is 18.4. The number of likely N-dealkylation sites (tertiary alicyclic amines) is 1. The Labute approximate surface area is 153 Å². The summed E-state index contributed by atoms with van der Waals surface area (Å²) < 4.78 is 4.78. The zero-order valence-electron chi connectivity index (χ0n) is 15.0. The molecule has 0 spiro atoms. The number of methoxy groups -OCH3 is 1. The van der Waals surface area contributed by atoms with E-state index >= 15 is 0 Å². The van der Waals surface area contributed by atoms with Crippen molar-refractivity contribution in [2.75, 3.05) is 26.7 Å². The van der Waals surface area contributed by atoms with Crippen molar-refractivity contribution in [2.24, 2.45) is 11.7 Å². The van der Waals surface area contributed by atoms with Gasteiger partial charge < -0.3 is 15.4 Å². The first-order chi connectivity index (χ1) is 12.5. The van der Waals surface area contributed by atoms with E-state index in [9.17, 15) is 14.4 Å². The fourth-order valence-electron chi connectivity index (χ4n) is 3.83. The van der Waals surface area contributed by atoms with Crippen LogP contribution in [0.15, 0.2) is 24.3 Å². The third-order valence-electron chi connectivity index (χ3n) is 5.39. The number of primary amides is 1. The van der Waals surface area contributed by atoms with Crippen LogP contribution in [0.5, 0.6) is 0 Å². The molecule has 0 aliphatic carbocycles. The second-order valence-corrected chi connectivity index (χ2v) is 6.97. The number of benzene rings is 1. The van der Waals surface area contributed by atoms with E-state index in [-0.39, 0.29) is 24.3 Å². The van der Waals surface area contributed by atoms with E-state index in [4.69, 9.17) is 10.5 Å². The van der Waals surface area contributed by atoms with Crippen LogP contribution in [0.3, 0.4) is 0 Å². The zero-order chi connectivity index (χ0) is 18.7. The van der Waals surface area contributed by atoms with Crippen LogP contribution in [0, 0.1) is 5.92 Å². The summed E-state index contributed by atoms with van der Waals surface area (Å²) in [6.07, 6.45) is 1.75. The first-order valence-corrected chi connectivity index (χ1v) is 8.95. The van der Waals surface area contributed by atoms with E-state index in [1.165, 1.54) is 7.11 Å². The minimum atomic E-state index is -0.471. The van der Waals surface area contributed by atoms with Gasteiger partial charge in [0, 0.05) is 19.6 Å². The number of amides is 2. The summed E-state index contributed by atoms with van der Waals surface area (Å²) >= 11 is 0. The van der Waals surface area contributed by atoms with Crippen LogP contribution in [0.1, 0.15) is 24.0 Å². The first-order valence-electron chi connectivity index (χ1n) is 8.95. The summed E-state index contributed by atoms with van der Waals surface area (Å²) in [6, 6.07) is 7.46. The number of fused-ring (bicyclic) bond motifs is 1. The third-order valence-corrected chi connectivity index (χ3v) is 5.39.